The van der Waals surface area contributed by atoms with Gasteiger partial charge >= 0.3 is 0 Å². The summed E-state index contributed by atoms with van der Waals surface area (Å²) in [7, 11) is -0.897. The van der Waals surface area contributed by atoms with E-state index < -0.39 is 15.9 Å². The fraction of sp³-hybridized carbons (Fsp3) is 0.350. The van der Waals surface area contributed by atoms with E-state index in [2.05, 4.69) is 5.32 Å². The molecule has 0 saturated carbocycles. The van der Waals surface area contributed by atoms with E-state index in [0.717, 1.165) is 0 Å². The number of sulfonamides is 1. The zero-order chi connectivity index (χ0) is 21.0. The summed E-state index contributed by atoms with van der Waals surface area (Å²) in [6.07, 6.45) is 1.19. The molecule has 3 rings (SSSR count). The minimum atomic E-state index is -3.85. The topological polar surface area (TPSA) is 84.9 Å². The van der Waals surface area contributed by atoms with Crippen molar-refractivity contribution in [3.05, 3.63) is 47.5 Å². The van der Waals surface area contributed by atoms with Crippen LogP contribution in [0.25, 0.3) is 0 Å². The van der Waals surface area contributed by atoms with E-state index in [1.54, 1.807) is 37.4 Å². The number of carbonyl (C=O) groups excluding carboxylic acids is 1. The van der Waals surface area contributed by atoms with Crippen molar-refractivity contribution in [1.82, 2.24) is 4.31 Å². The molecule has 9 heteroatoms. The lowest BCUT2D eigenvalue weighted by Crippen LogP contribution is -2.43. The Hall–Kier alpha value is -2.29. The van der Waals surface area contributed by atoms with Gasteiger partial charge in [-0.15, -0.1) is 0 Å². The minimum Gasteiger partial charge on any atom is -0.497 e. The zero-order valence-electron chi connectivity index (χ0n) is 16.2. The summed E-state index contributed by atoms with van der Waals surface area (Å²) in [6.45, 7) is 0.425. The van der Waals surface area contributed by atoms with Crippen LogP contribution in [0.5, 0.6) is 11.5 Å². The molecule has 156 valence electrons. The zero-order valence-corrected chi connectivity index (χ0v) is 17.8. The molecule has 1 aliphatic heterocycles. The second-order valence-electron chi connectivity index (χ2n) is 6.72. The molecule has 1 saturated heterocycles. The van der Waals surface area contributed by atoms with Gasteiger partial charge < -0.3 is 14.8 Å². The Balaban J connectivity index is 1.77. The van der Waals surface area contributed by atoms with Gasteiger partial charge in [-0.3, -0.25) is 4.79 Å². The average molecular weight is 439 g/mol. The second kappa shape index (κ2) is 9.02. The largest absolute Gasteiger partial charge is 0.497 e. The van der Waals surface area contributed by atoms with Gasteiger partial charge in [0, 0.05) is 29.9 Å². The molecule has 7 nitrogen and oxygen atoms in total. The first-order chi connectivity index (χ1) is 13.8. The first-order valence-electron chi connectivity index (χ1n) is 9.13. The molecule has 29 heavy (non-hydrogen) atoms. The van der Waals surface area contributed by atoms with Crippen LogP contribution in [-0.2, 0) is 14.8 Å². The average Bonchev–Trinajstić information content (AvgIpc) is 2.74. The van der Waals surface area contributed by atoms with Crippen LogP contribution in [0.2, 0.25) is 5.02 Å². The number of ether oxygens (including phenoxy) is 2. The Morgan fingerprint density at radius 2 is 1.97 bits per heavy atom. The van der Waals surface area contributed by atoms with Crippen molar-refractivity contribution in [1.29, 1.82) is 0 Å². The Morgan fingerprint density at radius 3 is 2.69 bits per heavy atom. The molecule has 1 aliphatic rings. The predicted octanol–water partition coefficient (Wildman–Crippen LogP) is 3.40. The smallest absolute Gasteiger partial charge is 0.246 e. The summed E-state index contributed by atoms with van der Waals surface area (Å²) < 4.78 is 38.0. The fourth-order valence-corrected chi connectivity index (χ4v) is 5.25. The van der Waals surface area contributed by atoms with E-state index in [0.29, 0.717) is 35.8 Å². The lowest BCUT2D eigenvalue weighted by atomic mass is 9.98. The summed E-state index contributed by atoms with van der Waals surface area (Å²) >= 11 is 6.00. The van der Waals surface area contributed by atoms with Crippen LogP contribution in [-0.4, -0.2) is 45.9 Å². The monoisotopic (exact) mass is 438 g/mol. The summed E-state index contributed by atoms with van der Waals surface area (Å²) in [4.78, 5) is 12.7. The number of nitrogens with zero attached hydrogens (tertiary/aromatic N) is 1. The van der Waals surface area contributed by atoms with Crippen molar-refractivity contribution < 1.29 is 22.7 Å². The standard InChI is InChI=1S/C20H23ClN2O5S/c1-27-17-7-3-6-16(12-17)22-20(24)14-5-4-10-23(13-14)29(25,26)19-11-15(21)8-9-18(19)28-2/h3,6-9,11-12,14H,4-5,10,13H2,1-2H3,(H,22,24)/t14-/m0/s1. The van der Waals surface area contributed by atoms with E-state index in [9.17, 15) is 13.2 Å². The summed E-state index contributed by atoms with van der Waals surface area (Å²) in [5.74, 6) is 0.159. The van der Waals surface area contributed by atoms with Gasteiger partial charge in [0.2, 0.25) is 15.9 Å². The molecule has 0 aliphatic carbocycles. The van der Waals surface area contributed by atoms with E-state index in [-0.39, 0.29) is 23.1 Å². The van der Waals surface area contributed by atoms with Crippen LogP contribution < -0.4 is 14.8 Å². The van der Waals surface area contributed by atoms with Crippen molar-refractivity contribution in [2.24, 2.45) is 5.92 Å². The van der Waals surface area contributed by atoms with Gasteiger partial charge in [0.1, 0.15) is 16.4 Å². The SMILES string of the molecule is COc1cccc(NC(=O)[C@H]2CCCN(S(=O)(=O)c3cc(Cl)ccc3OC)C2)c1. The molecule has 2 aromatic carbocycles. The Kier molecular flexibility index (Phi) is 6.66. The Bertz CT molecular complexity index is 996. The predicted molar refractivity (Wildman–Crippen MR) is 111 cm³/mol. The number of nitrogens with one attached hydrogen (secondary N) is 1. The van der Waals surface area contributed by atoms with Gasteiger partial charge in [-0.25, -0.2) is 8.42 Å². The molecular formula is C20H23ClN2O5S. The molecule has 1 fully saturated rings. The van der Waals surface area contributed by atoms with Gasteiger partial charge in [0.05, 0.1) is 20.1 Å². The van der Waals surface area contributed by atoms with Crippen molar-refractivity contribution in [3.8, 4) is 11.5 Å². The molecule has 1 heterocycles. The number of halogens is 1. The van der Waals surface area contributed by atoms with Gasteiger partial charge in [-0.05, 0) is 43.2 Å². The van der Waals surface area contributed by atoms with Crippen LogP contribution in [0.4, 0.5) is 5.69 Å². The molecule has 1 amide bonds. The van der Waals surface area contributed by atoms with Crippen LogP contribution in [0.3, 0.4) is 0 Å². The Labute approximate surface area is 175 Å². The normalized spacial score (nSPS) is 17.6. The maximum Gasteiger partial charge on any atom is 0.246 e. The number of hydrogen-bond acceptors (Lipinski definition) is 5. The van der Waals surface area contributed by atoms with Crippen molar-refractivity contribution in [2.75, 3.05) is 32.6 Å². The van der Waals surface area contributed by atoms with E-state index >= 15 is 0 Å². The second-order valence-corrected chi connectivity index (χ2v) is 9.06. The number of benzene rings is 2. The number of hydrogen-bond donors (Lipinski definition) is 1. The molecule has 1 atom stereocenters. The van der Waals surface area contributed by atoms with Gasteiger partial charge in [-0.1, -0.05) is 17.7 Å². The van der Waals surface area contributed by atoms with Crippen molar-refractivity contribution in [3.63, 3.8) is 0 Å². The number of anilines is 1. The van der Waals surface area contributed by atoms with Gasteiger partial charge in [0.15, 0.2) is 0 Å². The highest BCUT2D eigenvalue weighted by Crippen LogP contribution is 2.32. The molecule has 0 radical (unpaired) electrons. The lowest BCUT2D eigenvalue weighted by Gasteiger charge is -2.31. The number of carbonyl (C=O) groups is 1. The maximum absolute atomic E-state index is 13.2. The lowest BCUT2D eigenvalue weighted by molar-refractivity contribution is -0.120. The van der Waals surface area contributed by atoms with Crippen molar-refractivity contribution in [2.45, 2.75) is 17.7 Å². The van der Waals surface area contributed by atoms with Crippen molar-refractivity contribution >= 4 is 33.2 Å². The van der Waals surface area contributed by atoms with E-state index in [1.165, 1.54) is 23.5 Å². The molecule has 0 unspecified atom stereocenters. The van der Waals surface area contributed by atoms with Crippen LogP contribution in [0, 0.1) is 5.92 Å². The molecule has 0 bridgehead atoms. The Morgan fingerprint density at radius 1 is 1.17 bits per heavy atom. The molecule has 1 N–H and O–H groups in total. The highest BCUT2D eigenvalue weighted by atomic mass is 35.5. The van der Waals surface area contributed by atoms with Crippen LogP contribution in [0.1, 0.15) is 12.8 Å². The quantitative estimate of drug-likeness (QED) is 0.747. The maximum atomic E-state index is 13.2. The summed E-state index contributed by atoms with van der Waals surface area (Å²) in [6, 6.07) is 11.5. The summed E-state index contributed by atoms with van der Waals surface area (Å²) in [5, 5.41) is 3.14. The number of piperidine rings is 1. The third-order valence-electron chi connectivity index (χ3n) is 4.84. The molecular weight excluding hydrogens is 416 g/mol. The summed E-state index contributed by atoms with van der Waals surface area (Å²) in [5.41, 5.74) is 0.603. The first-order valence-corrected chi connectivity index (χ1v) is 11.0. The number of methoxy groups -OCH3 is 2. The highest BCUT2D eigenvalue weighted by molar-refractivity contribution is 7.89. The van der Waals surface area contributed by atoms with Gasteiger partial charge in [-0.2, -0.15) is 4.31 Å². The van der Waals surface area contributed by atoms with Crippen LogP contribution in [0.15, 0.2) is 47.4 Å². The van der Waals surface area contributed by atoms with Gasteiger partial charge in [0.25, 0.3) is 0 Å². The number of amides is 1. The third-order valence-corrected chi connectivity index (χ3v) is 6.96. The fourth-order valence-electron chi connectivity index (χ4n) is 3.31. The minimum absolute atomic E-state index is 0.00125. The molecule has 0 spiro atoms. The van der Waals surface area contributed by atoms with E-state index in [4.69, 9.17) is 21.1 Å². The molecule has 2 aromatic rings. The first kappa shape index (κ1) is 21.4. The number of rotatable bonds is 6. The van der Waals surface area contributed by atoms with E-state index in [1.807, 2.05) is 0 Å². The third kappa shape index (κ3) is 4.83. The highest BCUT2D eigenvalue weighted by Gasteiger charge is 2.35. The van der Waals surface area contributed by atoms with Crippen LogP contribution >= 0.6 is 11.6 Å². The molecule has 0 aromatic heterocycles.